The van der Waals surface area contributed by atoms with Crippen LogP contribution in [0.2, 0.25) is 0 Å². The average Bonchev–Trinajstić information content (AvgIpc) is 2.32. The van der Waals surface area contributed by atoms with Crippen molar-refractivity contribution >= 4 is 11.9 Å². The number of benzene rings is 1. The molecule has 1 unspecified atom stereocenters. The van der Waals surface area contributed by atoms with Gasteiger partial charge in [0.2, 0.25) is 5.91 Å². The first-order valence-corrected chi connectivity index (χ1v) is 5.79. The second-order valence-electron chi connectivity index (χ2n) is 3.95. The smallest absolute Gasteiger partial charge is 0.305 e. The fraction of sp³-hybridized carbons (Fsp3) is 0.385. The normalized spacial score (nSPS) is 11.9. The molecule has 0 aromatic heterocycles. The van der Waals surface area contributed by atoms with Crippen molar-refractivity contribution in [2.45, 2.75) is 25.7 Å². The van der Waals surface area contributed by atoms with Crippen LogP contribution in [0.3, 0.4) is 0 Å². The van der Waals surface area contributed by atoms with Crippen molar-refractivity contribution in [2.24, 2.45) is 0 Å². The van der Waals surface area contributed by atoms with Crippen LogP contribution in [-0.4, -0.2) is 23.5 Å². The van der Waals surface area contributed by atoms with E-state index in [0.29, 0.717) is 6.42 Å². The van der Waals surface area contributed by atoms with Crippen LogP contribution in [0.5, 0.6) is 0 Å². The van der Waals surface area contributed by atoms with Gasteiger partial charge in [-0.25, -0.2) is 4.39 Å². The number of nitrogens with one attached hydrogen (secondary N) is 1. The van der Waals surface area contributed by atoms with E-state index in [9.17, 15) is 14.0 Å². The Hall–Kier alpha value is -1.91. The monoisotopic (exact) mass is 253 g/mol. The maximum absolute atomic E-state index is 12.8. The van der Waals surface area contributed by atoms with Crippen molar-refractivity contribution < 1.29 is 19.1 Å². The second kappa shape index (κ2) is 6.74. The molecule has 0 bridgehead atoms. The van der Waals surface area contributed by atoms with Crippen LogP contribution in [0.25, 0.3) is 0 Å². The van der Waals surface area contributed by atoms with Gasteiger partial charge in [-0.2, -0.15) is 0 Å². The summed E-state index contributed by atoms with van der Waals surface area (Å²) in [4.78, 5) is 22.2. The molecule has 0 aliphatic heterocycles. The minimum atomic E-state index is -0.954. The van der Waals surface area contributed by atoms with Crippen LogP contribution in [0.4, 0.5) is 4.39 Å². The Kier molecular flexibility index (Phi) is 5.30. The highest BCUT2D eigenvalue weighted by Gasteiger charge is 2.18. The van der Waals surface area contributed by atoms with Crippen molar-refractivity contribution in [1.29, 1.82) is 0 Å². The Bertz CT molecular complexity index is 417. The summed E-state index contributed by atoms with van der Waals surface area (Å²) in [6.45, 7) is 1.96. The largest absolute Gasteiger partial charge is 0.481 e. The molecule has 4 nitrogen and oxygen atoms in total. The fourth-order valence-corrected chi connectivity index (χ4v) is 1.68. The molecular weight excluding hydrogens is 237 g/mol. The maximum atomic E-state index is 12.8. The van der Waals surface area contributed by atoms with Gasteiger partial charge >= 0.3 is 5.97 Å². The Morgan fingerprint density at radius 1 is 1.33 bits per heavy atom. The molecule has 0 fully saturated rings. The van der Waals surface area contributed by atoms with Gasteiger partial charge in [0.15, 0.2) is 0 Å². The first-order chi connectivity index (χ1) is 8.54. The van der Waals surface area contributed by atoms with E-state index in [-0.39, 0.29) is 30.6 Å². The van der Waals surface area contributed by atoms with Crippen molar-refractivity contribution in [3.05, 3.63) is 35.6 Å². The second-order valence-corrected chi connectivity index (χ2v) is 3.95. The number of aliphatic carboxylic acids is 1. The molecule has 0 saturated heterocycles. The Balaban J connectivity index is 2.62. The fourth-order valence-electron chi connectivity index (χ4n) is 1.68. The molecule has 18 heavy (non-hydrogen) atoms. The summed E-state index contributed by atoms with van der Waals surface area (Å²) in [5, 5.41) is 11.0. The predicted octanol–water partition coefficient (Wildman–Crippen LogP) is 1.91. The summed E-state index contributed by atoms with van der Waals surface area (Å²) in [5.74, 6) is -1.91. The molecular formula is C13H16FNO3. The number of rotatable bonds is 6. The van der Waals surface area contributed by atoms with Crippen LogP contribution < -0.4 is 5.32 Å². The lowest BCUT2D eigenvalue weighted by atomic mass is 9.95. The molecule has 0 saturated carbocycles. The lowest BCUT2D eigenvalue weighted by Crippen LogP contribution is -2.30. The van der Waals surface area contributed by atoms with E-state index in [1.807, 2.05) is 6.92 Å². The van der Waals surface area contributed by atoms with E-state index in [0.717, 1.165) is 5.56 Å². The first kappa shape index (κ1) is 14.2. The first-order valence-electron chi connectivity index (χ1n) is 5.79. The Morgan fingerprint density at radius 3 is 2.44 bits per heavy atom. The minimum absolute atomic E-state index is 0.103. The van der Waals surface area contributed by atoms with Crippen LogP contribution in [0, 0.1) is 5.82 Å². The summed E-state index contributed by atoms with van der Waals surface area (Å²) >= 11 is 0. The van der Waals surface area contributed by atoms with Gasteiger partial charge < -0.3 is 10.4 Å². The lowest BCUT2D eigenvalue weighted by molar-refractivity contribution is -0.136. The Morgan fingerprint density at radius 2 is 1.94 bits per heavy atom. The van der Waals surface area contributed by atoms with Crippen LogP contribution in [-0.2, 0) is 9.59 Å². The summed E-state index contributed by atoms with van der Waals surface area (Å²) < 4.78 is 12.8. The molecule has 0 heterocycles. The molecule has 0 radical (unpaired) electrons. The Labute approximate surface area is 105 Å². The van der Waals surface area contributed by atoms with Crippen molar-refractivity contribution in [3.8, 4) is 0 Å². The van der Waals surface area contributed by atoms with E-state index in [4.69, 9.17) is 5.11 Å². The van der Waals surface area contributed by atoms with E-state index >= 15 is 0 Å². The molecule has 0 spiro atoms. The van der Waals surface area contributed by atoms with Crippen molar-refractivity contribution in [3.63, 3.8) is 0 Å². The molecule has 0 aliphatic rings. The third-order valence-corrected chi connectivity index (χ3v) is 2.64. The van der Waals surface area contributed by atoms with E-state index in [2.05, 4.69) is 5.32 Å². The number of carboxylic acids is 1. The number of halogens is 1. The van der Waals surface area contributed by atoms with Gasteiger partial charge in [-0.05, 0) is 24.1 Å². The minimum Gasteiger partial charge on any atom is -0.481 e. The maximum Gasteiger partial charge on any atom is 0.305 e. The molecule has 2 N–H and O–H groups in total. The lowest BCUT2D eigenvalue weighted by Gasteiger charge is -2.15. The van der Waals surface area contributed by atoms with E-state index < -0.39 is 5.97 Å². The van der Waals surface area contributed by atoms with E-state index in [1.54, 1.807) is 12.1 Å². The third kappa shape index (κ3) is 4.16. The number of carbonyl (C=O) groups is 2. The molecule has 1 aromatic rings. The zero-order valence-corrected chi connectivity index (χ0v) is 10.1. The average molecular weight is 253 g/mol. The quantitative estimate of drug-likeness (QED) is 0.813. The number of amides is 1. The SMILES string of the molecule is CCC(C(=O)NCCC(=O)O)c1ccc(F)cc1. The molecule has 0 aliphatic carbocycles. The topological polar surface area (TPSA) is 66.4 Å². The third-order valence-electron chi connectivity index (χ3n) is 2.64. The van der Waals surface area contributed by atoms with Gasteiger partial charge in [-0.15, -0.1) is 0 Å². The van der Waals surface area contributed by atoms with Gasteiger partial charge in [0, 0.05) is 6.54 Å². The van der Waals surface area contributed by atoms with Gasteiger partial charge in [0.05, 0.1) is 12.3 Å². The summed E-state index contributed by atoms with van der Waals surface area (Å²) in [7, 11) is 0. The highest BCUT2D eigenvalue weighted by atomic mass is 19.1. The molecule has 5 heteroatoms. The summed E-state index contributed by atoms with van der Waals surface area (Å²) in [6.07, 6.45) is 0.468. The van der Waals surface area contributed by atoms with Crippen LogP contribution in [0.1, 0.15) is 31.2 Å². The summed E-state index contributed by atoms with van der Waals surface area (Å²) in [6, 6.07) is 5.76. The molecule has 1 amide bonds. The van der Waals surface area contributed by atoms with Gasteiger partial charge in [-0.3, -0.25) is 9.59 Å². The highest BCUT2D eigenvalue weighted by Crippen LogP contribution is 2.19. The van der Waals surface area contributed by atoms with E-state index in [1.165, 1.54) is 12.1 Å². The number of carboxylic acid groups (broad SMARTS) is 1. The van der Waals surface area contributed by atoms with Crippen LogP contribution in [0.15, 0.2) is 24.3 Å². The van der Waals surface area contributed by atoms with Crippen molar-refractivity contribution in [1.82, 2.24) is 5.32 Å². The molecule has 98 valence electrons. The summed E-state index contributed by atoms with van der Waals surface area (Å²) in [5.41, 5.74) is 0.728. The number of hydrogen-bond acceptors (Lipinski definition) is 2. The number of carbonyl (C=O) groups excluding carboxylic acids is 1. The number of hydrogen-bond donors (Lipinski definition) is 2. The zero-order chi connectivity index (χ0) is 13.5. The van der Waals surface area contributed by atoms with Crippen LogP contribution >= 0.6 is 0 Å². The molecule has 1 atom stereocenters. The predicted molar refractivity (Wildman–Crippen MR) is 64.7 cm³/mol. The molecule has 1 aromatic carbocycles. The van der Waals surface area contributed by atoms with Gasteiger partial charge in [0.1, 0.15) is 5.82 Å². The highest BCUT2D eigenvalue weighted by molar-refractivity contribution is 5.83. The van der Waals surface area contributed by atoms with Gasteiger partial charge in [0.25, 0.3) is 0 Å². The molecule has 1 rings (SSSR count). The van der Waals surface area contributed by atoms with Gasteiger partial charge in [-0.1, -0.05) is 19.1 Å². The standard InChI is InChI=1S/C13H16FNO3/c1-2-11(9-3-5-10(14)6-4-9)13(18)15-8-7-12(16)17/h3-6,11H,2,7-8H2,1H3,(H,15,18)(H,16,17). The zero-order valence-electron chi connectivity index (χ0n) is 10.1. The van der Waals surface area contributed by atoms with Crippen molar-refractivity contribution in [2.75, 3.05) is 6.54 Å².